The molecule has 0 amide bonds. The maximum Gasteiger partial charge on any atom is 0.0361 e. The van der Waals surface area contributed by atoms with Gasteiger partial charge in [0.05, 0.1) is 0 Å². The minimum atomic E-state index is 0.950. The van der Waals surface area contributed by atoms with E-state index in [-0.39, 0.29) is 0 Å². The molecule has 0 N–H and O–H groups in total. The van der Waals surface area contributed by atoms with Crippen LogP contribution in [0.2, 0.25) is 0 Å². The number of hydrogen-bond acceptors (Lipinski definition) is 8. The van der Waals surface area contributed by atoms with Crippen molar-refractivity contribution in [2.24, 2.45) is 0 Å². The fourth-order valence-corrected chi connectivity index (χ4v) is 5.14. The first-order valence-corrected chi connectivity index (χ1v) is 13.2. The van der Waals surface area contributed by atoms with Gasteiger partial charge in [-0.2, -0.15) is 97.6 Å². The Labute approximate surface area is 159 Å². The minimum Gasteiger partial charge on any atom is -0.179 e. The summed E-state index contributed by atoms with van der Waals surface area (Å²) in [5, 5.41) is 1.90. The zero-order valence-corrected chi connectivity index (χ0v) is 18.0. The van der Waals surface area contributed by atoms with Crippen LogP contribution in [-0.2, 0) is 0 Å². The van der Waals surface area contributed by atoms with Gasteiger partial charge in [0.15, 0.2) is 0 Å². The van der Waals surface area contributed by atoms with E-state index in [0.29, 0.717) is 0 Å². The lowest BCUT2D eigenvalue weighted by molar-refractivity contribution is 1.13. The summed E-state index contributed by atoms with van der Waals surface area (Å²) in [5.41, 5.74) is 0. The molecule has 0 heterocycles. The van der Waals surface area contributed by atoms with Gasteiger partial charge < -0.3 is 0 Å². The van der Waals surface area contributed by atoms with Crippen LogP contribution in [-0.4, -0.2) is 56.2 Å². The Morgan fingerprint density at radius 1 is 0.474 bits per heavy atom. The summed E-state index contributed by atoms with van der Waals surface area (Å²) in [6, 6.07) is 0. The Balaban J connectivity index is 0. The SMILES string of the molecule is SCCSCCSCCS.SCSCCCSCS. The van der Waals surface area contributed by atoms with Gasteiger partial charge in [0.1, 0.15) is 0 Å². The van der Waals surface area contributed by atoms with Gasteiger partial charge in [0.2, 0.25) is 0 Å². The lowest BCUT2D eigenvalue weighted by atomic mass is 10.6. The van der Waals surface area contributed by atoms with E-state index in [4.69, 9.17) is 0 Å². The summed E-state index contributed by atoms with van der Waals surface area (Å²) in [4.78, 5) is 0. The van der Waals surface area contributed by atoms with Crippen LogP contribution in [0.25, 0.3) is 0 Å². The minimum absolute atomic E-state index is 0.950. The molecule has 0 fully saturated rings. The maximum absolute atomic E-state index is 4.12. The second-order valence-electron chi connectivity index (χ2n) is 3.10. The molecule has 0 saturated heterocycles. The summed E-state index contributed by atoms with van der Waals surface area (Å²) >= 11 is 24.2. The van der Waals surface area contributed by atoms with Crippen LogP contribution in [0.15, 0.2) is 0 Å². The van der Waals surface area contributed by atoms with Crippen molar-refractivity contribution >= 4 is 97.6 Å². The Morgan fingerprint density at radius 3 is 1.21 bits per heavy atom. The molecule has 0 nitrogen and oxygen atoms in total. The van der Waals surface area contributed by atoms with E-state index in [2.05, 4.69) is 50.5 Å². The molecule has 19 heavy (non-hydrogen) atoms. The molecule has 0 atom stereocenters. The van der Waals surface area contributed by atoms with Crippen molar-refractivity contribution in [3.63, 3.8) is 0 Å². The Hall–Kier alpha value is 2.80. The third-order valence-corrected chi connectivity index (χ3v) is 7.50. The van der Waals surface area contributed by atoms with Gasteiger partial charge in [-0.1, -0.05) is 0 Å². The zero-order valence-electron chi connectivity index (χ0n) is 11.2. The van der Waals surface area contributed by atoms with Crippen LogP contribution in [0.1, 0.15) is 6.42 Å². The van der Waals surface area contributed by atoms with Crippen LogP contribution in [0.3, 0.4) is 0 Å². The lowest BCUT2D eigenvalue weighted by Gasteiger charge is -1.97. The molecule has 0 aliphatic carbocycles. The first-order valence-electron chi connectivity index (χ1n) is 6.07. The lowest BCUT2D eigenvalue weighted by Crippen LogP contribution is -1.89. The fourth-order valence-electron chi connectivity index (χ4n) is 0.843. The zero-order chi connectivity index (χ0) is 14.6. The highest BCUT2D eigenvalue weighted by Crippen LogP contribution is 2.09. The van der Waals surface area contributed by atoms with Gasteiger partial charge in [-0.25, -0.2) is 0 Å². The topological polar surface area (TPSA) is 0 Å². The summed E-state index contributed by atoms with van der Waals surface area (Å²) < 4.78 is 0. The molecule has 0 bridgehead atoms. The third kappa shape index (κ3) is 29.4. The molecular formula is C11H26S8. The molecule has 0 spiro atoms. The predicted octanol–water partition coefficient (Wildman–Crippen LogP) is 4.93. The molecule has 0 aliphatic rings. The Bertz CT molecular complexity index is 122. The van der Waals surface area contributed by atoms with Gasteiger partial charge in [-0.05, 0) is 29.4 Å². The molecule has 0 aromatic rings. The average Bonchev–Trinajstić information content (AvgIpc) is 2.43. The third-order valence-electron chi connectivity index (χ3n) is 1.60. The first kappa shape index (κ1) is 24.1. The molecule has 0 unspecified atom stereocenters. The molecule has 8 heteroatoms. The van der Waals surface area contributed by atoms with Crippen molar-refractivity contribution in [2.75, 3.05) is 56.2 Å². The standard InChI is InChI=1S/C6H14S4.C5H12S4/c7-1-3-9-5-6-10-4-2-8;6-4-8-2-1-3-9-5-7/h7-8H,1-6H2;6-7H,1-5H2. The molecule has 118 valence electrons. The van der Waals surface area contributed by atoms with Crippen LogP contribution >= 0.6 is 97.6 Å². The van der Waals surface area contributed by atoms with E-state index in [1.165, 1.54) is 40.9 Å². The second kappa shape index (κ2) is 25.7. The molecule has 0 aromatic heterocycles. The summed E-state index contributed by atoms with van der Waals surface area (Å²) in [6.07, 6.45) is 1.29. The molecule has 0 aliphatic heterocycles. The molecule has 0 rings (SSSR count). The van der Waals surface area contributed by atoms with E-state index in [1.54, 1.807) is 0 Å². The Morgan fingerprint density at radius 2 is 0.895 bits per heavy atom. The van der Waals surface area contributed by atoms with E-state index < -0.39 is 0 Å². The number of hydrogen-bond donors (Lipinski definition) is 4. The van der Waals surface area contributed by atoms with Crippen LogP contribution < -0.4 is 0 Å². The largest absolute Gasteiger partial charge is 0.179 e. The number of thioether (sulfide) groups is 4. The van der Waals surface area contributed by atoms with Crippen molar-refractivity contribution in [1.82, 2.24) is 0 Å². The van der Waals surface area contributed by atoms with Crippen molar-refractivity contribution in [1.29, 1.82) is 0 Å². The highest BCUT2D eigenvalue weighted by molar-refractivity contribution is 8.10. The van der Waals surface area contributed by atoms with Gasteiger partial charge >= 0.3 is 0 Å². The summed E-state index contributed by atoms with van der Waals surface area (Å²) in [5.74, 6) is 9.38. The normalized spacial score (nSPS) is 10.1. The quantitative estimate of drug-likeness (QED) is 0.191. The van der Waals surface area contributed by atoms with Crippen molar-refractivity contribution < 1.29 is 0 Å². The van der Waals surface area contributed by atoms with E-state index in [0.717, 1.165) is 21.7 Å². The smallest absolute Gasteiger partial charge is 0.0361 e. The monoisotopic (exact) mass is 414 g/mol. The van der Waals surface area contributed by atoms with Crippen LogP contribution in [0.5, 0.6) is 0 Å². The highest BCUT2D eigenvalue weighted by Gasteiger charge is 1.88. The fraction of sp³-hybridized carbons (Fsp3) is 1.00. The average molecular weight is 415 g/mol. The molecular weight excluding hydrogens is 389 g/mol. The number of rotatable bonds is 13. The van der Waals surface area contributed by atoms with Crippen molar-refractivity contribution in [3.05, 3.63) is 0 Å². The van der Waals surface area contributed by atoms with E-state index in [9.17, 15) is 0 Å². The predicted molar refractivity (Wildman–Crippen MR) is 120 cm³/mol. The molecule has 0 aromatic carbocycles. The van der Waals surface area contributed by atoms with Gasteiger partial charge in [-0.15, -0.1) is 0 Å². The molecule has 0 radical (unpaired) electrons. The maximum atomic E-state index is 4.12. The summed E-state index contributed by atoms with van der Waals surface area (Å²) in [7, 11) is 0. The highest BCUT2D eigenvalue weighted by atomic mass is 32.2. The van der Waals surface area contributed by atoms with Crippen LogP contribution in [0, 0.1) is 0 Å². The summed E-state index contributed by atoms with van der Waals surface area (Å²) in [6.45, 7) is 0. The van der Waals surface area contributed by atoms with Crippen LogP contribution in [0.4, 0.5) is 0 Å². The van der Waals surface area contributed by atoms with Gasteiger partial charge in [-0.3, -0.25) is 0 Å². The van der Waals surface area contributed by atoms with Crippen molar-refractivity contribution in [3.8, 4) is 0 Å². The Kier molecular flexibility index (Phi) is 32.6. The van der Waals surface area contributed by atoms with E-state index in [1.807, 2.05) is 47.0 Å². The first-order chi connectivity index (χ1) is 9.33. The van der Waals surface area contributed by atoms with E-state index >= 15 is 0 Å². The second-order valence-corrected chi connectivity index (χ2v) is 10.1. The van der Waals surface area contributed by atoms with Crippen molar-refractivity contribution in [2.45, 2.75) is 6.42 Å². The number of thiol groups is 4. The van der Waals surface area contributed by atoms with Gasteiger partial charge in [0.25, 0.3) is 0 Å². The van der Waals surface area contributed by atoms with Gasteiger partial charge in [0, 0.05) is 33.2 Å². The molecule has 0 saturated carbocycles.